The summed E-state index contributed by atoms with van der Waals surface area (Å²) in [5, 5.41) is 1.14. The normalized spacial score (nSPS) is 11.6. The van der Waals surface area contributed by atoms with E-state index in [1.54, 1.807) is 4.90 Å². The molecule has 154 valence electrons. The number of fused-ring (bicyclic) bond motifs is 1. The number of carbonyl (C=O) groups excluding carboxylic acids is 1. The Labute approximate surface area is 180 Å². The standard InChI is InChI=1S/C23H28BrN3O2/c1-23(2,3)29-22(28)27(12-10-17-4-7-19(24)8-5-17)15-14-26-13-11-18-6-9-20(25)16-21(18)26/h4-9,11,13,16H,10,12,14-15,25H2,1-3H3. The van der Waals surface area contributed by atoms with E-state index in [2.05, 4.69) is 38.7 Å². The number of hydrogen-bond acceptors (Lipinski definition) is 3. The fraction of sp³-hybridized carbons (Fsp3) is 0.348. The molecule has 2 N–H and O–H groups in total. The lowest BCUT2D eigenvalue weighted by Gasteiger charge is -2.27. The zero-order chi connectivity index (χ0) is 21.0. The van der Waals surface area contributed by atoms with Gasteiger partial charge in [-0.3, -0.25) is 0 Å². The van der Waals surface area contributed by atoms with Crippen molar-refractivity contribution in [3.63, 3.8) is 0 Å². The summed E-state index contributed by atoms with van der Waals surface area (Å²) >= 11 is 3.46. The van der Waals surface area contributed by atoms with Gasteiger partial charge in [0.2, 0.25) is 0 Å². The number of nitrogen functional groups attached to an aromatic ring is 1. The Balaban J connectivity index is 1.71. The number of aromatic nitrogens is 1. The van der Waals surface area contributed by atoms with Gasteiger partial charge in [-0.05, 0) is 68.5 Å². The SMILES string of the molecule is CC(C)(C)OC(=O)N(CCc1ccc(Br)cc1)CCn1ccc2ccc(N)cc21. The van der Waals surface area contributed by atoms with Crippen LogP contribution in [0.2, 0.25) is 0 Å². The summed E-state index contributed by atoms with van der Waals surface area (Å²) in [5.74, 6) is 0. The molecular formula is C23H28BrN3O2. The zero-order valence-corrected chi connectivity index (χ0v) is 18.8. The van der Waals surface area contributed by atoms with E-state index in [0.717, 1.165) is 27.5 Å². The maximum absolute atomic E-state index is 12.8. The molecule has 0 aliphatic heterocycles. The molecule has 0 radical (unpaired) electrons. The summed E-state index contributed by atoms with van der Waals surface area (Å²) in [6, 6.07) is 16.1. The van der Waals surface area contributed by atoms with Crippen LogP contribution in [0.3, 0.4) is 0 Å². The van der Waals surface area contributed by atoms with Crippen LogP contribution >= 0.6 is 15.9 Å². The van der Waals surface area contributed by atoms with Crippen LogP contribution in [0.15, 0.2) is 59.2 Å². The topological polar surface area (TPSA) is 60.5 Å². The molecule has 0 aliphatic rings. The smallest absolute Gasteiger partial charge is 0.410 e. The van der Waals surface area contributed by atoms with Gasteiger partial charge in [-0.2, -0.15) is 0 Å². The van der Waals surface area contributed by atoms with Gasteiger partial charge in [-0.25, -0.2) is 4.79 Å². The molecular weight excluding hydrogens is 430 g/mol. The quantitative estimate of drug-likeness (QED) is 0.499. The molecule has 29 heavy (non-hydrogen) atoms. The fourth-order valence-corrected chi connectivity index (χ4v) is 3.42. The molecule has 3 aromatic rings. The summed E-state index contributed by atoms with van der Waals surface area (Å²) in [6.45, 7) is 7.49. The molecule has 0 aliphatic carbocycles. The van der Waals surface area contributed by atoms with E-state index in [9.17, 15) is 4.79 Å². The van der Waals surface area contributed by atoms with Gasteiger partial charge in [-0.1, -0.05) is 34.1 Å². The average Bonchev–Trinajstić information content (AvgIpc) is 3.04. The molecule has 5 nitrogen and oxygen atoms in total. The molecule has 0 fully saturated rings. The van der Waals surface area contributed by atoms with Gasteiger partial charge in [0, 0.05) is 36.0 Å². The first kappa shape index (κ1) is 21.2. The molecule has 1 amide bonds. The van der Waals surface area contributed by atoms with E-state index >= 15 is 0 Å². The third-order valence-electron chi connectivity index (χ3n) is 4.64. The van der Waals surface area contributed by atoms with Crippen molar-refractivity contribution in [2.75, 3.05) is 18.8 Å². The molecule has 0 saturated carbocycles. The first-order chi connectivity index (χ1) is 13.7. The summed E-state index contributed by atoms with van der Waals surface area (Å²) in [7, 11) is 0. The third-order valence-corrected chi connectivity index (χ3v) is 5.17. The summed E-state index contributed by atoms with van der Waals surface area (Å²) < 4.78 is 8.81. The highest BCUT2D eigenvalue weighted by Crippen LogP contribution is 2.19. The molecule has 0 spiro atoms. The summed E-state index contributed by atoms with van der Waals surface area (Å²) in [4.78, 5) is 14.6. The average molecular weight is 458 g/mol. The van der Waals surface area contributed by atoms with Gasteiger partial charge >= 0.3 is 6.09 Å². The second-order valence-electron chi connectivity index (χ2n) is 8.17. The predicted octanol–water partition coefficient (Wildman–Crippen LogP) is 5.47. The van der Waals surface area contributed by atoms with Crippen molar-refractivity contribution in [1.82, 2.24) is 9.47 Å². The fourth-order valence-electron chi connectivity index (χ4n) is 3.16. The van der Waals surface area contributed by atoms with E-state index in [4.69, 9.17) is 10.5 Å². The molecule has 0 bridgehead atoms. The largest absolute Gasteiger partial charge is 0.444 e. The Bertz CT molecular complexity index is 974. The molecule has 1 aromatic heterocycles. The van der Waals surface area contributed by atoms with Crippen LogP contribution < -0.4 is 5.73 Å². The number of ether oxygens (including phenoxy) is 1. The minimum atomic E-state index is -0.526. The number of hydrogen-bond donors (Lipinski definition) is 1. The highest BCUT2D eigenvalue weighted by molar-refractivity contribution is 9.10. The number of benzene rings is 2. The van der Waals surface area contributed by atoms with Crippen LogP contribution in [0.5, 0.6) is 0 Å². The lowest BCUT2D eigenvalue weighted by Crippen LogP contribution is -2.39. The maximum Gasteiger partial charge on any atom is 0.410 e. The number of halogens is 1. The van der Waals surface area contributed by atoms with Crippen molar-refractivity contribution in [1.29, 1.82) is 0 Å². The number of anilines is 1. The predicted molar refractivity (Wildman–Crippen MR) is 122 cm³/mol. The Morgan fingerprint density at radius 2 is 1.83 bits per heavy atom. The minimum absolute atomic E-state index is 0.286. The van der Waals surface area contributed by atoms with E-state index in [1.165, 1.54) is 5.56 Å². The van der Waals surface area contributed by atoms with Crippen LogP contribution in [0, 0.1) is 0 Å². The molecule has 2 aromatic carbocycles. The second kappa shape index (κ2) is 8.91. The number of nitrogens with zero attached hydrogens (tertiary/aromatic N) is 2. The lowest BCUT2D eigenvalue weighted by atomic mass is 10.1. The van der Waals surface area contributed by atoms with Crippen LogP contribution in [-0.2, 0) is 17.7 Å². The number of rotatable bonds is 6. The van der Waals surface area contributed by atoms with Crippen molar-refractivity contribution in [2.45, 2.75) is 39.3 Å². The van der Waals surface area contributed by atoms with Gasteiger partial charge in [0.05, 0.1) is 5.52 Å². The van der Waals surface area contributed by atoms with Crippen molar-refractivity contribution in [2.24, 2.45) is 0 Å². The van der Waals surface area contributed by atoms with Crippen LogP contribution in [0.25, 0.3) is 10.9 Å². The van der Waals surface area contributed by atoms with Crippen LogP contribution in [0.1, 0.15) is 26.3 Å². The van der Waals surface area contributed by atoms with Gasteiger partial charge in [-0.15, -0.1) is 0 Å². The van der Waals surface area contributed by atoms with E-state index in [-0.39, 0.29) is 6.09 Å². The van der Waals surface area contributed by atoms with Gasteiger partial charge in [0.15, 0.2) is 0 Å². The van der Waals surface area contributed by atoms with Crippen molar-refractivity contribution >= 4 is 38.6 Å². The molecule has 0 unspecified atom stereocenters. The molecule has 3 rings (SSSR count). The highest BCUT2D eigenvalue weighted by Gasteiger charge is 2.22. The third kappa shape index (κ3) is 6.00. The first-order valence-electron chi connectivity index (χ1n) is 9.78. The summed E-state index contributed by atoms with van der Waals surface area (Å²) in [5.41, 5.74) is 8.41. The van der Waals surface area contributed by atoms with Crippen molar-refractivity contribution in [3.05, 3.63) is 64.8 Å². The Morgan fingerprint density at radius 3 is 2.52 bits per heavy atom. The van der Waals surface area contributed by atoms with Crippen LogP contribution in [0.4, 0.5) is 10.5 Å². The molecule has 0 saturated heterocycles. The van der Waals surface area contributed by atoms with Crippen molar-refractivity contribution in [3.8, 4) is 0 Å². The van der Waals surface area contributed by atoms with Crippen LogP contribution in [-0.4, -0.2) is 34.3 Å². The minimum Gasteiger partial charge on any atom is -0.444 e. The Hall–Kier alpha value is -2.47. The van der Waals surface area contributed by atoms with E-state index < -0.39 is 5.60 Å². The van der Waals surface area contributed by atoms with Gasteiger partial charge in [0.25, 0.3) is 0 Å². The maximum atomic E-state index is 12.8. The van der Waals surface area contributed by atoms with Gasteiger partial charge in [0.1, 0.15) is 5.60 Å². The zero-order valence-electron chi connectivity index (χ0n) is 17.2. The number of nitrogens with two attached hydrogens (primary N) is 1. The Morgan fingerprint density at radius 1 is 1.10 bits per heavy atom. The molecule has 6 heteroatoms. The van der Waals surface area contributed by atoms with E-state index in [1.807, 2.05) is 57.3 Å². The van der Waals surface area contributed by atoms with E-state index in [0.29, 0.717) is 19.6 Å². The lowest BCUT2D eigenvalue weighted by molar-refractivity contribution is 0.0246. The molecule has 1 heterocycles. The van der Waals surface area contributed by atoms with Crippen molar-refractivity contribution < 1.29 is 9.53 Å². The summed E-state index contributed by atoms with van der Waals surface area (Å²) in [6.07, 6.45) is 2.52. The number of amides is 1. The highest BCUT2D eigenvalue weighted by atomic mass is 79.9. The second-order valence-corrected chi connectivity index (χ2v) is 9.09. The monoisotopic (exact) mass is 457 g/mol. The first-order valence-corrected chi connectivity index (χ1v) is 10.6. The van der Waals surface area contributed by atoms with Gasteiger partial charge < -0.3 is 19.9 Å². The molecule has 0 atom stereocenters. The number of carbonyl (C=O) groups is 1. The Kier molecular flexibility index (Phi) is 6.52.